The van der Waals surface area contributed by atoms with Gasteiger partial charge in [-0.25, -0.2) is 9.97 Å². The number of nitrogen functional groups attached to an aromatic ring is 1. The molecule has 0 aliphatic rings. The highest BCUT2D eigenvalue weighted by atomic mass is 16.5. The number of rotatable bonds is 4. The van der Waals surface area contributed by atoms with E-state index in [-0.39, 0.29) is 18.3 Å². The number of hydrogen-bond donors (Lipinski definition) is 2. The number of benzene rings is 1. The van der Waals surface area contributed by atoms with Gasteiger partial charge in [0, 0.05) is 10.9 Å². The van der Waals surface area contributed by atoms with Gasteiger partial charge in [0.15, 0.2) is 0 Å². The molecule has 0 unspecified atom stereocenters. The maximum absolute atomic E-state index is 11.9. The molecule has 23 heavy (non-hydrogen) atoms. The largest absolute Gasteiger partial charge is 0.465 e. The van der Waals surface area contributed by atoms with Crippen molar-refractivity contribution in [2.45, 2.75) is 13.5 Å². The molecule has 0 fully saturated rings. The van der Waals surface area contributed by atoms with E-state index < -0.39 is 5.91 Å². The van der Waals surface area contributed by atoms with Crippen LogP contribution in [0.25, 0.3) is 21.9 Å². The molecule has 0 spiro atoms. The lowest BCUT2D eigenvalue weighted by atomic mass is 10.1. The Morgan fingerprint density at radius 2 is 2.09 bits per heavy atom. The van der Waals surface area contributed by atoms with Crippen molar-refractivity contribution in [3.63, 3.8) is 0 Å². The van der Waals surface area contributed by atoms with Crippen LogP contribution in [0.4, 0.5) is 5.82 Å². The first kappa shape index (κ1) is 14.8. The molecule has 0 saturated heterocycles. The molecule has 8 nitrogen and oxygen atoms in total. The molecule has 0 saturated carbocycles. The number of ether oxygens (including phenoxy) is 1. The Balaban J connectivity index is 2.31. The fraction of sp³-hybridized carbons (Fsp3) is 0.200. The summed E-state index contributed by atoms with van der Waals surface area (Å²) in [7, 11) is 0. The predicted octanol–water partition coefficient (Wildman–Crippen LogP) is 0.829. The smallest absolute Gasteiger partial charge is 0.326 e. The number of carbonyl (C=O) groups excluding carboxylic acids is 2. The Kier molecular flexibility index (Phi) is 3.57. The second-order valence-electron chi connectivity index (χ2n) is 4.94. The van der Waals surface area contributed by atoms with Crippen LogP contribution in [0.15, 0.2) is 24.5 Å². The van der Waals surface area contributed by atoms with Gasteiger partial charge in [-0.05, 0) is 25.1 Å². The molecule has 3 rings (SSSR count). The van der Waals surface area contributed by atoms with Crippen LogP contribution >= 0.6 is 0 Å². The number of fused-ring (bicyclic) bond motifs is 3. The van der Waals surface area contributed by atoms with Crippen LogP contribution in [0.5, 0.6) is 0 Å². The Hall–Kier alpha value is -3.16. The minimum atomic E-state index is -0.548. The Morgan fingerprint density at radius 1 is 1.30 bits per heavy atom. The quantitative estimate of drug-likeness (QED) is 0.687. The summed E-state index contributed by atoms with van der Waals surface area (Å²) in [5.74, 6) is -0.666. The van der Waals surface area contributed by atoms with Gasteiger partial charge in [-0.15, -0.1) is 0 Å². The first-order valence-electron chi connectivity index (χ1n) is 7.00. The van der Waals surface area contributed by atoms with Crippen molar-refractivity contribution in [3.8, 4) is 0 Å². The van der Waals surface area contributed by atoms with Crippen molar-refractivity contribution in [1.29, 1.82) is 0 Å². The average molecular weight is 313 g/mol. The van der Waals surface area contributed by atoms with Gasteiger partial charge in [0.05, 0.1) is 17.5 Å². The van der Waals surface area contributed by atoms with Crippen LogP contribution in [0.2, 0.25) is 0 Å². The molecule has 2 aromatic heterocycles. The maximum Gasteiger partial charge on any atom is 0.326 e. The number of hydrogen-bond acceptors (Lipinski definition) is 6. The first-order chi connectivity index (χ1) is 11.0. The molecule has 0 bridgehead atoms. The van der Waals surface area contributed by atoms with Crippen molar-refractivity contribution in [2.24, 2.45) is 5.73 Å². The summed E-state index contributed by atoms with van der Waals surface area (Å²) in [4.78, 5) is 31.5. The molecule has 0 atom stereocenters. The Morgan fingerprint density at radius 3 is 2.78 bits per heavy atom. The van der Waals surface area contributed by atoms with Crippen molar-refractivity contribution in [2.75, 3.05) is 12.3 Å². The normalized spacial score (nSPS) is 11.0. The molecule has 3 aromatic rings. The number of esters is 1. The minimum absolute atomic E-state index is 0.0137. The van der Waals surface area contributed by atoms with Crippen LogP contribution in [-0.2, 0) is 16.1 Å². The minimum Gasteiger partial charge on any atom is -0.465 e. The van der Waals surface area contributed by atoms with Gasteiger partial charge in [-0.2, -0.15) is 0 Å². The summed E-state index contributed by atoms with van der Waals surface area (Å²) >= 11 is 0. The third kappa shape index (κ3) is 2.44. The molecule has 118 valence electrons. The zero-order valence-corrected chi connectivity index (χ0v) is 12.4. The van der Waals surface area contributed by atoms with E-state index >= 15 is 0 Å². The number of carbonyl (C=O) groups is 2. The number of nitrogens with zero attached hydrogens (tertiary/aromatic N) is 3. The standard InChI is InChI=1S/C15H15N5O3/c1-2-23-11(21)6-20-10-4-3-8(14(17)22)5-9(10)12-13(16)18-7-19-15(12)20/h3-5,7H,2,6H2,1H3,(H2,17,22)(H2,16,18,19). The van der Waals surface area contributed by atoms with E-state index in [1.807, 2.05) is 0 Å². The van der Waals surface area contributed by atoms with Crippen LogP contribution in [0, 0.1) is 0 Å². The van der Waals surface area contributed by atoms with Gasteiger partial charge in [-0.3, -0.25) is 9.59 Å². The summed E-state index contributed by atoms with van der Waals surface area (Å²) in [5.41, 5.74) is 12.8. The van der Waals surface area contributed by atoms with Gasteiger partial charge in [0.2, 0.25) is 5.91 Å². The lowest BCUT2D eigenvalue weighted by molar-refractivity contribution is -0.143. The Bertz CT molecular complexity index is 932. The average Bonchev–Trinajstić information content (AvgIpc) is 2.82. The highest BCUT2D eigenvalue weighted by molar-refractivity contribution is 6.13. The summed E-state index contributed by atoms with van der Waals surface area (Å²) in [5, 5.41) is 1.24. The van der Waals surface area contributed by atoms with Crippen LogP contribution in [0.1, 0.15) is 17.3 Å². The second-order valence-corrected chi connectivity index (χ2v) is 4.94. The summed E-state index contributed by atoms with van der Waals surface area (Å²) in [6, 6.07) is 4.92. The second kappa shape index (κ2) is 5.56. The van der Waals surface area contributed by atoms with E-state index in [1.54, 1.807) is 29.7 Å². The zero-order valence-electron chi connectivity index (χ0n) is 12.4. The molecule has 8 heteroatoms. The van der Waals surface area contributed by atoms with Crippen molar-refractivity contribution in [3.05, 3.63) is 30.1 Å². The van der Waals surface area contributed by atoms with Gasteiger partial charge in [0.25, 0.3) is 0 Å². The number of aromatic nitrogens is 3. The molecular weight excluding hydrogens is 298 g/mol. The van der Waals surface area contributed by atoms with Crippen LogP contribution in [-0.4, -0.2) is 33.0 Å². The van der Waals surface area contributed by atoms with E-state index in [1.165, 1.54) is 6.33 Å². The number of nitrogens with two attached hydrogens (primary N) is 2. The number of primary amides is 1. The van der Waals surface area contributed by atoms with Gasteiger partial charge < -0.3 is 20.8 Å². The van der Waals surface area contributed by atoms with Crippen LogP contribution in [0.3, 0.4) is 0 Å². The maximum atomic E-state index is 11.9. The van der Waals surface area contributed by atoms with E-state index in [9.17, 15) is 9.59 Å². The third-order valence-corrected chi connectivity index (χ3v) is 3.55. The first-order valence-corrected chi connectivity index (χ1v) is 7.00. The molecular formula is C15H15N5O3. The zero-order chi connectivity index (χ0) is 16.6. The van der Waals surface area contributed by atoms with Crippen molar-refractivity contribution >= 4 is 39.6 Å². The molecule has 2 heterocycles. The molecule has 4 N–H and O–H groups in total. The van der Waals surface area contributed by atoms with Crippen molar-refractivity contribution in [1.82, 2.24) is 14.5 Å². The molecule has 1 aromatic carbocycles. The van der Waals surface area contributed by atoms with Crippen molar-refractivity contribution < 1.29 is 14.3 Å². The SMILES string of the molecule is CCOC(=O)Cn1c2ccc(C(N)=O)cc2c2c(N)ncnc21. The number of anilines is 1. The van der Waals surface area contributed by atoms with Gasteiger partial charge in [-0.1, -0.05) is 0 Å². The summed E-state index contributed by atoms with van der Waals surface area (Å²) in [6.45, 7) is 2.02. The number of amides is 1. The fourth-order valence-corrected chi connectivity index (χ4v) is 2.59. The molecule has 0 radical (unpaired) electrons. The predicted molar refractivity (Wildman–Crippen MR) is 84.6 cm³/mol. The summed E-state index contributed by atoms with van der Waals surface area (Å²) in [6.07, 6.45) is 1.33. The highest BCUT2D eigenvalue weighted by Gasteiger charge is 2.18. The van der Waals surface area contributed by atoms with E-state index in [0.29, 0.717) is 34.1 Å². The molecule has 1 amide bonds. The van der Waals surface area contributed by atoms with E-state index in [2.05, 4.69) is 9.97 Å². The van der Waals surface area contributed by atoms with Crippen LogP contribution < -0.4 is 11.5 Å². The highest BCUT2D eigenvalue weighted by Crippen LogP contribution is 2.31. The van der Waals surface area contributed by atoms with Gasteiger partial charge in [0.1, 0.15) is 24.3 Å². The third-order valence-electron chi connectivity index (χ3n) is 3.55. The topological polar surface area (TPSA) is 126 Å². The fourth-order valence-electron chi connectivity index (χ4n) is 2.59. The molecule has 0 aliphatic heterocycles. The summed E-state index contributed by atoms with van der Waals surface area (Å²) < 4.78 is 6.68. The monoisotopic (exact) mass is 313 g/mol. The lowest BCUT2D eigenvalue weighted by Gasteiger charge is -2.06. The van der Waals surface area contributed by atoms with Gasteiger partial charge >= 0.3 is 5.97 Å². The molecule has 0 aliphatic carbocycles. The Labute approximate surface area is 131 Å². The van der Waals surface area contributed by atoms with E-state index in [4.69, 9.17) is 16.2 Å². The van der Waals surface area contributed by atoms with E-state index in [0.717, 1.165) is 0 Å². The lowest BCUT2D eigenvalue weighted by Crippen LogP contribution is -2.14.